The topological polar surface area (TPSA) is 12.0 Å². The molecule has 0 aliphatic carbocycles. The first-order valence-electron chi connectivity index (χ1n) is 9.12. The first-order valence-corrected chi connectivity index (χ1v) is 9.59. The van der Waals surface area contributed by atoms with Crippen molar-refractivity contribution < 1.29 is 0 Å². The maximum atomic E-state index is 4.95. The van der Waals surface area contributed by atoms with Gasteiger partial charge in [0.05, 0.1) is 0 Å². The highest BCUT2D eigenvalue weighted by Gasteiger charge is 2.08. The van der Waals surface area contributed by atoms with Crippen molar-refractivity contribution in [3.63, 3.8) is 0 Å². The smallest absolute Gasteiger partial charge is 0.00518 e. The van der Waals surface area contributed by atoms with E-state index < -0.39 is 0 Å². The SMILES string of the molecule is C=C(c1cccc(CCC=S)c1)c1cc(CCCCNC)ccc1C. The predicted octanol–water partition coefficient (Wildman–Crippen LogP) is 5.53. The van der Waals surface area contributed by atoms with Gasteiger partial charge in [-0.05, 0) is 91.4 Å². The second-order valence-electron chi connectivity index (χ2n) is 6.59. The molecule has 0 bridgehead atoms. The summed E-state index contributed by atoms with van der Waals surface area (Å²) in [6.45, 7) is 7.64. The van der Waals surface area contributed by atoms with Gasteiger partial charge in [-0.3, -0.25) is 0 Å². The summed E-state index contributed by atoms with van der Waals surface area (Å²) in [6.07, 6.45) is 5.48. The van der Waals surface area contributed by atoms with Gasteiger partial charge in [0.15, 0.2) is 0 Å². The van der Waals surface area contributed by atoms with Gasteiger partial charge in [-0.2, -0.15) is 0 Å². The average Bonchev–Trinajstić information content (AvgIpc) is 2.64. The van der Waals surface area contributed by atoms with Crippen LogP contribution in [0.1, 0.15) is 47.1 Å². The van der Waals surface area contributed by atoms with Crippen molar-refractivity contribution in [3.05, 3.63) is 76.9 Å². The van der Waals surface area contributed by atoms with Crippen molar-refractivity contribution in [2.24, 2.45) is 0 Å². The molecule has 132 valence electrons. The van der Waals surface area contributed by atoms with E-state index in [4.69, 9.17) is 12.2 Å². The number of hydrogen-bond acceptors (Lipinski definition) is 2. The lowest BCUT2D eigenvalue weighted by atomic mass is 9.92. The Bertz CT molecular complexity index is 718. The fourth-order valence-electron chi connectivity index (χ4n) is 3.08. The van der Waals surface area contributed by atoms with Gasteiger partial charge < -0.3 is 5.32 Å². The van der Waals surface area contributed by atoms with Crippen LogP contribution in [0.3, 0.4) is 0 Å². The van der Waals surface area contributed by atoms with Crippen LogP contribution in [0.5, 0.6) is 0 Å². The highest BCUT2D eigenvalue weighted by molar-refractivity contribution is 7.78. The van der Waals surface area contributed by atoms with Gasteiger partial charge in [0.1, 0.15) is 0 Å². The molecule has 0 heterocycles. The second-order valence-corrected chi connectivity index (χ2v) is 6.93. The van der Waals surface area contributed by atoms with Crippen LogP contribution < -0.4 is 5.32 Å². The summed E-state index contributed by atoms with van der Waals surface area (Å²) in [6, 6.07) is 15.5. The predicted molar refractivity (Wildman–Crippen MR) is 115 cm³/mol. The van der Waals surface area contributed by atoms with Crippen LogP contribution in [0.4, 0.5) is 0 Å². The lowest BCUT2D eigenvalue weighted by Gasteiger charge is -2.13. The van der Waals surface area contributed by atoms with Crippen molar-refractivity contribution in [2.45, 2.75) is 39.0 Å². The summed E-state index contributed by atoms with van der Waals surface area (Å²) >= 11 is 4.95. The Morgan fingerprint density at radius 3 is 2.64 bits per heavy atom. The molecule has 0 aliphatic rings. The Kier molecular flexibility index (Phi) is 8.03. The highest BCUT2D eigenvalue weighted by Crippen LogP contribution is 2.27. The van der Waals surface area contributed by atoms with Crippen LogP contribution in [0.2, 0.25) is 0 Å². The van der Waals surface area contributed by atoms with Gasteiger partial charge in [-0.25, -0.2) is 0 Å². The van der Waals surface area contributed by atoms with E-state index in [-0.39, 0.29) is 0 Å². The molecule has 25 heavy (non-hydrogen) atoms. The Labute approximate surface area is 158 Å². The Balaban J connectivity index is 2.16. The number of unbranched alkanes of at least 4 members (excludes halogenated alkanes) is 1. The van der Waals surface area contributed by atoms with Gasteiger partial charge in [0, 0.05) is 0 Å². The molecule has 2 heteroatoms. The van der Waals surface area contributed by atoms with E-state index in [0.717, 1.165) is 31.4 Å². The molecular weight excluding hydrogens is 322 g/mol. The summed E-state index contributed by atoms with van der Waals surface area (Å²) in [7, 11) is 2.01. The van der Waals surface area contributed by atoms with Crippen molar-refractivity contribution in [3.8, 4) is 0 Å². The molecule has 2 aromatic carbocycles. The Morgan fingerprint density at radius 1 is 1.08 bits per heavy atom. The second kappa shape index (κ2) is 10.3. The van der Waals surface area contributed by atoms with Crippen molar-refractivity contribution >= 4 is 23.2 Å². The molecule has 0 saturated heterocycles. The van der Waals surface area contributed by atoms with Gasteiger partial charge in [-0.15, -0.1) is 0 Å². The number of thiocarbonyl (C=S) groups is 1. The molecule has 0 saturated carbocycles. The zero-order valence-electron chi connectivity index (χ0n) is 15.5. The first-order chi connectivity index (χ1) is 12.2. The zero-order chi connectivity index (χ0) is 18.1. The summed E-state index contributed by atoms with van der Waals surface area (Å²) in [5.74, 6) is 0. The molecule has 0 amide bonds. The van der Waals surface area contributed by atoms with E-state index in [2.05, 4.69) is 61.3 Å². The molecule has 0 fully saturated rings. The van der Waals surface area contributed by atoms with E-state index in [0.29, 0.717) is 0 Å². The Hall–Kier alpha value is -1.77. The number of hydrogen-bond donors (Lipinski definition) is 1. The van der Waals surface area contributed by atoms with E-state index in [1.54, 1.807) is 0 Å². The van der Waals surface area contributed by atoms with Gasteiger partial charge >= 0.3 is 0 Å². The maximum Gasteiger partial charge on any atom is -0.00518 e. The largest absolute Gasteiger partial charge is 0.320 e. The maximum absolute atomic E-state index is 4.95. The lowest BCUT2D eigenvalue weighted by molar-refractivity contribution is 0.677. The molecule has 1 nitrogen and oxygen atoms in total. The molecule has 1 N–H and O–H groups in total. The van der Waals surface area contributed by atoms with Crippen LogP contribution in [-0.2, 0) is 12.8 Å². The summed E-state index contributed by atoms with van der Waals surface area (Å²) in [5, 5.41) is 5.02. The lowest BCUT2D eigenvalue weighted by Crippen LogP contribution is -2.07. The quantitative estimate of drug-likeness (QED) is 0.446. The van der Waals surface area contributed by atoms with Crippen LogP contribution in [-0.4, -0.2) is 19.0 Å². The van der Waals surface area contributed by atoms with Crippen molar-refractivity contribution in [1.82, 2.24) is 5.32 Å². The molecule has 0 aliphatic heterocycles. The molecule has 0 atom stereocenters. The van der Waals surface area contributed by atoms with E-state index >= 15 is 0 Å². The fourth-order valence-corrected chi connectivity index (χ4v) is 3.19. The summed E-state index contributed by atoms with van der Waals surface area (Å²) in [4.78, 5) is 0. The van der Waals surface area contributed by atoms with Crippen molar-refractivity contribution in [2.75, 3.05) is 13.6 Å². The van der Waals surface area contributed by atoms with Gasteiger partial charge in [0.25, 0.3) is 0 Å². The normalized spacial score (nSPS) is 10.6. The molecular formula is C23H29NS. The standard InChI is InChI=1S/C23H29NS/c1-18-12-13-21(8-4-5-14-24-3)17-23(18)19(2)22-11-6-9-20(16-22)10-7-15-25/h6,9,11-13,15-17,24H,2,4-5,7-8,10,14H2,1,3H3. The fraction of sp³-hybridized carbons (Fsp3) is 0.348. The third-order valence-corrected chi connectivity index (χ3v) is 4.83. The zero-order valence-corrected chi connectivity index (χ0v) is 16.3. The van der Waals surface area contributed by atoms with E-state index in [1.807, 2.05) is 12.4 Å². The monoisotopic (exact) mass is 351 g/mol. The third kappa shape index (κ3) is 5.91. The number of aryl methyl sites for hydroxylation is 3. The minimum Gasteiger partial charge on any atom is -0.320 e. The van der Waals surface area contributed by atoms with Gasteiger partial charge in [-0.1, -0.05) is 61.3 Å². The number of benzene rings is 2. The molecule has 2 rings (SSSR count). The van der Waals surface area contributed by atoms with E-state index in [1.165, 1.54) is 40.7 Å². The summed E-state index contributed by atoms with van der Waals surface area (Å²) < 4.78 is 0. The first kappa shape index (κ1) is 19.6. The highest BCUT2D eigenvalue weighted by atomic mass is 32.1. The summed E-state index contributed by atoms with van der Waals surface area (Å²) in [5.41, 5.74) is 7.58. The number of rotatable bonds is 10. The minimum absolute atomic E-state index is 0.937. The Morgan fingerprint density at radius 2 is 1.88 bits per heavy atom. The van der Waals surface area contributed by atoms with Crippen LogP contribution in [0.15, 0.2) is 49.0 Å². The van der Waals surface area contributed by atoms with E-state index in [9.17, 15) is 0 Å². The molecule has 0 unspecified atom stereocenters. The van der Waals surface area contributed by atoms with Crippen LogP contribution >= 0.6 is 12.2 Å². The molecule has 0 radical (unpaired) electrons. The molecule has 2 aromatic rings. The third-order valence-electron chi connectivity index (χ3n) is 4.60. The average molecular weight is 352 g/mol. The van der Waals surface area contributed by atoms with Crippen molar-refractivity contribution in [1.29, 1.82) is 0 Å². The van der Waals surface area contributed by atoms with Gasteiger partial charge in [0.2, 0.25) is 0 Å². The minimum atomic E-state index is 0.937. The van der Waals surface area contributed by atoms with Crippen LogP contribution in [0.25, 0.3) is 5.57 Å². The number of nitrogens with one attached hydrogen (secondary N) is 1. The molecule has 0 aromatic heterocycles. The molecule has 0 spiro atoms. The van der Waals surface area contributed by atoms with Crippen LogP contribution in [0, 0.1) is 6.92 Å².